The summed E-state index contributed by atoms with van der Waals surface area (Å²) >= 11 is 0. The SMILES string of the molecule is CCN(CC)C(=O)C1CC1CN.Cl. The fraction of sp³-hybridized carbons (Fsp3) is 0.889. The molecule has 0 heterocycles. The summed E-state index contributed by atoms with van der Waals surface area (Å²) in [5.74, 6) is 1.02. The lowest BCUT2D eigenvalue weighted by Gasteiger charge is -2.18. The molecule has 2 unspecified atom stereocenters. The minimum absolute atomic E-state index is 0. The molecule has 1 aliphatic carbocycles. The van der Waals surface area contributed by atoms with Crippen molar-refractivity contribution in [3.8, 4) is 0 Å². The number of hydrogen-bond acceptors (Lipinski definition) is 2. The molecule has 0 aromatic heterocycles. The van der Waals surface area contributed by atoms with Crippen molar-refractivity contribution in [3.63, 3.8) is 0 Å². The number of halogens is 1. The van der Waals surface area contributed by atoms with Crippen molar-refractivity contribution in [3.05, 3.63) is 0 Å². The van der Waals surface area contributed by atoms with Crippen LogP contribution in [0.3, 0.4) is 0 Å². The fourth-order valence-electron chi connectivity index (χ4n) is 1.58. The summed E-state index contributed by atoms with van der Waals surface area (Å²) < 4.78 is 0. The molecule has 1 amide bonds. The summed E-state index contributed by atoms with van der Waals surface area (Å²) in [6.45, 7) is 6.34. The Labute approximate surface area is 86.1 Å². The van der Waals surface area contributed by atoms with Crippen LogP contribution in [0.15, 0.2) is 0 Å². The van der Waals surface area contributed by atoms with Gasteiger partial charge in [-0.3, -0.25) is 4.79 Å². The molecular formula is C9H19ClN2O. The summed E-state index contributed by atoms with van der Waals surface area (Å²) in [6.07, 6.45) is 1.01. The molecule has 1 saturated carbocycles. The second-order valence-corrected chi connectivity index (χ2v) is 3.35. The second-order valence-electron chi connectivity index (χ2n) is 3.35. The fourth-order valence-corrected chi connectivity index (χ4v) is 1.58. The van der Waals surface area contributed by atoms with E-state index < -0.39 is 0 Å². The molecule has 0 saturated heterocycles. The summed E-state index contributed by atoms with van der Waals surface area (Å²) in [5, 5.41) is 0. The molecule has 1 rings (SSSR count). The van der Waals surface area contributed by atoms with Crippen molar-refractivity contribution in [1.82, 2.24) is 4.90 Å². The average Bonchev–Trinajstić information content (AvgIpc) is 2.85. The summed E-state index contributed by atoms with van der Waals surface area (Å²) in [7, 11) is 0. The molecule has 0 aliphatic heterocycles. The lowest BCUT2D eigenvalue weighted by Crippen LogP contribution is -2.32. The predicted molar refractivity (Wildman–Crippen MR) is 55.8 cm³/mol. The molecule has 1 fully saturated rings. The van der Waals surface area contributed by atoms with Gasteiger partial charge < -0.3 is 10.6 Å². The number of carbonyl (C=O) groups is 1. The second kappa shape index (κ2) is 5.45. The molecule has 2 atom stereocenters. The number of rotatable bonds is 4. The Balaban J connectivity index is 0.00000144. The Kier molecular flexibility index (Phi) is 5.33. The first-order valence-corrected chi connectivity index (χ1v) is 4.73. The van der Waals surface area contributed by atoms with Gasteiger partial charge in [-0.15, -0.1) is 12.4 Å². The van der Waals surface area contributed by atoms with E-state index in [-0.39, 0.29) is 18.3 Å². The highest BCUT2D eigenvalue weighted by molar-refractivity contribution is 5.85. The smallest absolute Gasteiger partial charge is 0.226 e. The number of nitrogens with zero attached hydrogens (tertiary/aromatic N) is 1. The molecule has 0 radical (unpaired) electrons. The highest BCUT2D eigenvalue weighted by atomic mass is 35.5. The van der Waals surface area contributed by atoms with Crippen LogP contribution >= 0.6 is 12.4 Å². The zero-order valence-corrected chi connectivity index (χ0v) is 9.14. The average molecular weight is 207 g/mol. The van der Waals surface area contributed by atoms with E-state index in [9.17, 15) is 4.79 Å². The molecule has 0 aromatic carbocycles. The normalized spacial score (nSPS) is 24.8. The van der Waals surface area contributed by atoms with Gasteiger partial charge in [0, 0.05) is 19.0 Å². The van der Waals surface area contributed by atoms with E-state index in [1.165, 1.54) is 0 Å². The van der Waals surface area contributed by atoms with Gasteiger partial charge in [-0.2, -0.15) is 0 Å². The standard InChI is InChI=1S/C9H18N2O.ClH/c1-3-11(4-2)9(12)8-5-7(8)6-10;/h7-8H,3-6,10H2,1-2H3;1H. The number of carbonyl (C=O) groups excluding carboxylic acids is 1. The van der Waals surface area contributed by atoms with Crippen LogP contribution in [0.2, 0.25) is 0 Å². The van der Waals surface area contributed by atoms with Gasteiger partial charge in [0.1, 0.15) is 0 Å². The van der Waals surface area contributed by atoms with E-state index in [0.29, 0.717) is 18.4 Å². The third-order valence-corrected chi connectivity index (χ3v) is 2.62. The molecule has 0 aromatic rings. The van der Waals surface area contributed by atoms with Crippen molar-refractivity contribution in [2.45, 2.75) is 20.3 Å². The number of nitrogens with two attached hydrogens (primary N) is 1. The maximum absolute atomic E-state index is 11.6. The molecule has 0 bridgehead atoms. The van der Waals surface area contributed by atoms with Crippen molar-refractivity contribution in [2.75, 3.05) is 19.6 Å². The minimum atomic E-state index is 0. The van der Waals surface area contributed by atoms with Gasteiger partial charge in [-0.25, -0.2) is 0 Å². The van der Waals surface area contributed by atoms with Crippen molar-refractivity contribution in [2.24, 2.45) is 17.6 Å². The number of amides is 1. The maximum Gasteiger partial charge on any atom is 0.226 e. The van der Waals surface area contributed by atoms with Gasteiger partial charge in [0.05, 0.1) is 0 Å². The highest BCUT2D eigenvalue weighted by Crippen LogP contribution is 2.38. The van der Waals surface area contributed by atoms with Crippen LogP contribution < -0.4 is 5.73 Å². The van der Waals surface area contributed by atoms with Gasteiger partial charge in [0.25, 0.3) is 0 Å². The maximum atomic E-state index is 11.6. The van der Waals surface area contributed by atoms with Gasteiger partial charge >= 0.3 is 0 Å². The quantitative estimate of drug-likeness (QED) is 0.742. The van der Waals surface area contributed by atoms with E-state index in [0.717, 1.165) is 19.5 Å². The Morgan fingerprint density at radius 3 is 2.31 bits per heavy atom. The van der Waals surface area contributed by atoms with Gasteiger partial charge in [-0.05, 0) is 32.7 Å². The first-order valence-electron chi connectivity index (χ1n) is 4.73. The third kappa shape index (κ3) is 2.85. The molecule has 4 heteroatoms. The molecule has 13 heavy (non-hydrogen) atoms. The topological polar surface area (TPSA) is 46.3 Å². The third-order valence-electron chi connectivity index (χ3n) is 2.62. The van der Waals surface area contributed by atoms with E-state index in [2.05, 4.69) is 0 Å². The van der Waals surface area contributed by atoms with E-state index in [4.69, 9.17) is 5.73 Å². The zero-order valence-electron chi connectivity index (χ0n) is 8.32. The Bertz CT molecular complexity index is 171. The minimum Gasteiger partial charge on any atom is -0.343 e. The van der Waals surface area contributed by atoms with Gasteiger partial charge in [-0.1, -0.05) is 0 Å². The molecule has 1 aliphatic rings. The summed E-state index contributed by atoms with van der Waals surface area (Å²) in [4.78, 5) is 13.5. The summed E-state index contributed by atoms with van der Waals surface area (Å²) in [6, 6.07) is 0. The first-order chi connectivity index (χ1) is 5.74. The van der Waals surface area contributed by atoms with Gasteiger partial charge in [0.2, 0.25) is 5.91 Å². The zero-order chi connectivity index (χ0) is 9.14. The Hall–Kier alpha value is -0.280. The molecule has 2 N–H and O–H groups in total. The van der Waals surface area contributed by atoms with Crippen LogP contribution in [-0.4, -0.2) is 30.4 Å². The molecule has 3 nitrogen and oxygen atoms in total. The van der Waals surface area contributed by atoms with Crippen LogP contribution in [0.1, 0.15) is 20.3 Å². The Morgan fingerprint density at radius 1 is 1.46 bits per heavy atom. The van der Waals surface area contributed by atoms with Crippen LogP contribution in [-0.2, 0) is 4.79 Å². The van der Waals surface area contributed by atoms with Crippen molar-refractivity contribution >= 4 is 18.3 Å². The van der Waals surface area contributed by atoms with Crippen LogP contribution in [0.5, 0.6) is 0 Å². The van der Waals surface area contributed by atoms with Crippen LogP contribution in [0.25, 0.3) is 0 Å². The lowest BCUT2D eigenvalue weighted by molar-refractivity contribution is -0.132. The van der Waals surface area contributed by atoms with E-state index >= 15 is 0 Å². The van der Waals surface area contributed by atoms with Gasteiger partial charge in [0.15, 0.2) is 0 Å². The van der Waals surface area contributed by atoms with E-state index in [1.54, 1.807) is 0 Å². The van der Waals surface area contributed by atoms with Crippen LogP contribution in [0.4, 0.5) is 0 Å². The molecule has 78 valence electrons. The Morgan fingerprint density at radius 2 is 2.00 bits per heavy atom. The van der Waals surface area contributed by atoms with Crippen molar-refractivity contribution < 1.29 is 4.79 Å². The van der Waals surface area contributed by atoms with Crippen LogP contribution in [0, 0.1) is 11.8 Å². The largest absolute Gasteiger partial charge is 0.343 e. The number of hydrogen-bond donors (Lipinski definition) is 1. The highest BCUT2D eigenvalue weighted by Gasteiger charge is 2.43. The predicted octanol–water partition coefficient (Wildman–Crippen LogP) is 0.871. The molecule has 0 spiro atoms. The van der Waals surface area contributed by atoms with Crippen molar-refractivity contribution in [1.29, 1.82) is 0 Å². The lowest BCUT2D eigenvalue weighted by atomic mass is 10.3. The summed E-state index contributed by atoms with van der Waals surface area (Å²) in [5.41, 5.74) is 5.47. The van der Waals surface area contributed by atoms with E-state index in [1.807, 2.05) is 18.7 Å². The first kappa shape index (κ1) is 12.7. The monoisotopic (exact) mass is 206 g/mol. The molecular weight excluding hydrogens is 188 g/mol.